The molecule has 0 bridgehead atoms. The lowest BCUT2D eigenvalue weighted by molar-refractivity contribution is -0.142. The maximum atomic E-state index is 14.3. The number of hydrogen-bond acceptors (Lipinski definition) is 10. The van der Waals surface area contributed by atoms with E-state index in [1.807, 2.05) is 48.5 Å². The Hall–Kier alpha value is -5.38. The van der Waals surface area contributed by atoms with E-state index >= 15 is 0 Å². The summed E-state index contributed by atoms with van der Waals surface area (Å²) in [6.45, 7) is 19.8. The van der Waals surface area contributed by atoms with Gasteiger partial charge in [0.05, 0.1) is 17.6 Å². The molecule has 0 aromatic heterocycles. The Labute approximate surface area is 347 Å². The van der Waals surface area contributed by atoms with E-state index in [2.05, 4.69) is 21.3 Å². The lowest BCUT2D eigenvalue weighted by Gasteiger charge is -2.40. The number of carboxylic acid groups (broad SMARTS) is 1. The molecule has 326 valence electrons. The monoisotopic (exact) mass is 824 g/mol. The van der Waals surface area contributed by atoms with Crippen LogP contribution in [0, 0.1) is 11.3 Å². The number of aliphatic carboxylic acids is 1. The Morgan fingerprint density at radius 1 is 0.881 bits per heavy atom. The smallest absolute Gasteiger partial charge is 0.338 e. The van der Waals surface area contributed by atoms with Crippen molar-refractivity contribution in [3.05, 3.63) is 59.2 Å². The molecule has 16 nitrogen and oxygen atoms in total. The molecule has 5 N–H and O–H groups in total. The number of benzene rings is 1. The fourth-order valence-electron chi connectivity index (χ4n) is 6.52. The van der Waals surface area contributed by atoms with Crippen LogP contribution in [0.3, 0.4) is 0 Å². The summed E-state index contributed by atoms with van der Waals surface area (Å²) in [5.74, 6) is -5.07. The number of esters is 1. The molecule has 0 saturated heterocycles. The number of carbonyl (C=O) groups is 8. The van der Waals surface area contributed by atoms with Crippen molar-refractivity contribution in [1.82, 2.24) is 31.1 Å². The van der Waals surface area contributed by atoms with Crippen LogP contribution in [-0.2, 0) is 43.7 Å². The Balaban J connectivity index is 2.19. The normalized spacial score (nSPS) is 15.6. The van der Waals surface area contributed by atoms with Crippen LogP contribution in [-0.4, -0.2) is 119 Å². The fraction of sp³-hybridized carbons (Fsp3) is 0.581. The second kappa shape index (κ2) is 20.5. The first kappa shape index (κ1) is 49.8. The third-order valence-corrected chi connectivity index (χ3v) is 10.0. The number of hydrogen-bond donors (Lipinski definition) is 5. The number of carbonyl (C=O) groups excluding carboxylic acids is 7. The van der Waals surface area contributed by atoms with Gasteiger partial charge in [-0.25, -0.2) is 9.59 Å². The maximum Gasteiger partial charge on any atom is 0.338 e. The van der Waals surface area contributed by atoms with Crippen molar-refractivity contribution in [3.8, 4) is 0 Å². The molecular weight excluding hydrogens is 761 g/mol. The minimum Gasteiger partial charge on any atom is -0.480 e. The molecule has 0 fully saturated rings. The molecule has 0 radical (unpaired) electrons. The number of carboxylic acids is 1. The lowest BCUT2D eigenvalue weighted by Crippen LogP contribution is -2.61. The van der Waals surface area contributed by atoms with E-state index in [9.17, 15) is 43.5 Å². The highest BCUT2D eigenvalue weighted by Gasteiger charge is 2.42. The molecule has 1 heterocycles. The fourth-order valence-corrected chi connectivity index (χ4v) is 6.52. The van der Waals surface area contributed by atoms with Crippen LogP contribution in [0.5, 0.6) is 0 Å². The number of amides is 6. The van der Waals surface area contributed by atoms with Crippen LogP contribution >= 0.6 is 0 Å². The largest absolute Gasteiger partial charge is 0.480 e. The van der Waals surface area contributed by atoms with Gasteiger partial charge in [-0.1, -0.05) is 66.7 Å². The highest BCUT2D eigenvalue weighted by atomic mass is 16.6. The molecule has 59 heavy (non-hydrogen) atoms. The number of likely N-dealkylation sites (N-methyl/N-ethyl adjacent to an activating group) is 2. The molecule has 1 aromatic carbocycles. The van der Waals surface area contributed by atoms with Crippen molar-refractivity contribution in [2.75, 3.05) is 27.2 Å². The number of ether oxygens (including phenoxy) is 1. The predicted molar refractivity (Wildman–Crippen MR) is 222 cm³/mol. The number of nitrogens with zero attached hydrogens (tertiary/aromatic N) is 2. The van der Waals surface area contributed by atoms with Crippen molar-refractivity contribution in [3.63, 3.8) is 0 Å². The predicted octanol–water partition coefficient (Wildman–Crippen LogP) is 2.86. The standard InChI is InChI=1S/C43H64N6O10/c1-25(2)30(24-26(3)36(53)46-29(39(56)57)18-19-31(50)45-22-23-49-32(51)20-21-33(49)52)48(13)38(55)35(41(4,5)6)47-37(54)34(44-12)43(10,11)28-16-14-27(15-17-28)40(58)59-42(7,8)9/h14-17,20-21,24-25,29-30,34-35,44H,18-19,22-23H2,1-13H3,(H,45,50)(H,46,53)(H,47,54)(H,56,57)/b26-24+/t29-,30-,34-,35?/m1/s1. The Bertz CT molecular complexity index is 1790. The van der Waals surface area contributed by atoms with Crippen molar-refractivity contribution in [2.45, 2.75) is 124 Å². The van der Waals surface area contributed by atoms with Crippen LogP contribution in [0.2, 0.25) is 0 Å². The highest BCUT2D eigenvalue weighted by Crippen LogP contribution is 2.30. The van der Waals surface area contributed by atoms with E-state index in [0.717, 1.165) is 22.6 Å². The van der Waals surface area contributed by atoms with Crippen LogP contribution in [0.4, 0.5) is 0 Å². The van der Waals surface area contributed by atoms with E-state index in [1.54, 1.807) is 65.2 Å². The van der Waals surface area contributed by atoms with E-state index in [1.165, 1.54) is 11.8 Å². The Morgan fingerprint density at radius 2 is 1.44 bits per heavy atom. The average Bonchev–Trinajstić information content (AvgIpc) is 3.44. The van der Waals surface area contributed by atoms with Gasteiger partial charge in [-0.15, -0.1) is 0 Å². The van der Waals surface area contributed by atoms with Crippen LogP contribution in [0.15, 0.2) is 48.1 Å². The van der Waals surface area contributed by atoms with E-state index in [0.29, 0.717) is 5.56 Å². The second-order valence-corrected chi connectivity index (χ2v) is 17.8. The van der Waals surface area contributed by atoms with Gasteiger partial charge in [0.2, 0.25) is 23.6 Å². The molecule has 16 heteroatoms. The van der Waals surface area contributed by atoms with Gasteiger partial charge < -0.3 is 36.0 Å². The van der Waals surface area contributed by atoms with Crippen LogP contribution in [0.25, 0.3) is 0 Å². The minimum absolute atomic E-state index is 0.0202. The summed E-state index contributed by atoms with van der Waals surface area (Å²) < 4.78 is 5.48. The van der Waals surface area contributed by atoms with Crippen molar-refractivity contribution in [1.29, 1.82) is 0 Å². The summed E-state index contributed by atoms with van der Waals surface area (Å²) in [6, 6.07) is 3.00. The number of rotatable bonds is 19. The topological polar surface area (TPSA) is 221 Å². The third kappa shape index (κ3) is 14.1. The molecule has 0 spiro atoms. The molecule has 4 atom stereocenters. The maximum absolute atomic E-state index is 14.3. The summed E-state index contributed by atoms with van der Waals surface area (Å²) in [6.07, 6.45) is 3.35. The zero-order chi connectivity index (χ0) is 45.2. The molecule has 1 aromatic rings. The zero-order valence-corrected chi connectivity index (χ0v) is 36.8. The van der Waals surface area contributed by atoms with Gasteiger partial charge in [0.25, 0.3) is 11.8 Å². The molecular formula is C43H64N6O10. The SMILES string of the molecule is CN[C@H](C(=O)NC(C(=O)N(C)[C@H](/C=C(\C)C(=O)N[C@H](CCC(=O)NCCN1C(=O)C=CC1=O)C(=O)O)C(C)C)C(C)(C)C)C(C)(C)c1ccc(C(=O)OC(C)(C)C)cc1. The molecule has 1 unspecified atom stereocenters. The van der Waals surface area contributed by atoms with Gasteiger partial charge in [0.1, 0.15) is 17.7 Å². The third-order valence-electron chi connectivity index (χ3n) is 10.0. The molecule has 1 aliphatic heterocycles. The summed E-state index contributed by atoms with van der Waals surface area (Å²) in [5.41, 5.74) is -0.932. The molecule has 0 saturated carbocycles. The van der Waals surface area contributed by atoms with Crippen molar-refractivity contribution in [2.24, 2.45) is 11.3 Å². The van der Waals surface area contributed by atoms with Crippen LogP contribution in [0.1, 0.15) is 105 Å². The van der Waals surface area contributed by atoms with Gasteiger partial charge in [-0.3, -0.25) is 33.7 Å². The first-order valence-electron chi connectivity index (χ1n) is 19.7. The summed E-state index contributed by atoms with van der Waals surface area (Å²) in [5, 5.41) is 20.9. The quantitative estimate of drug-likeness (QED) is 0.0776. The number of nitrogens with one attached hydrogen (secondary N) is 4. The highest BCUT2D eigenvalue weighted by molar-refractivity contribution is 6.12. The van der Waals surface area contributed by atoms with Crippen molar-refractivity contribution >= 4 is 47.4 Å². The van der Waals surface area contributed by atoms with Gasteiger partial charge in [-0.2, -0.15) is 0 Å². The van der Waals surface area contributed by atoms with Gasteiger partial charge in [0.15, 0.2) is 0 Å². The van der Waals surface area contributed by atoms with E-state index < -0.39 is 88.0 Å². The second-order valence-electron chi connectivity index (χ2n) is 17.8. The molecule has 2 rings (SSSR count). The zero-order valence-electron chi connectivity index (χ0n) is 36.8. The van der Waals surface area contributed by atoms with Gasteiger partial charge in [-0.05, 0) is 70.2 Å². The van der Waals surface area contributed by atoms with E-state index in [-0.39, 0.29) is 37.4 Å². The Morgan fingerprint density at radius 3 is 1.92 bits per heavy atom. The molecule has 0 aliphatic carbocycles. The summed E-state index contributed by atoms with van der Waals surface area (Å²) >= 11 is 0. The average molecular weight is 825 g/mol. The van der Waals surface area contributed by atoms with Crippen molar-refractivity contribution < 1.29 is 48.2 Å². The summed E-state index contributed by atoms with van der Waals surface area (Å²) in [4.78, 5) is 105. The minimum atomic E-state index is -1.41. The first-order chi connectivity index (χ1) is 27.1. The van der Waals surface area contributed by atoms with Gasteiger partial charge in [0, 0.05) is 49.7 Å². The molecule has 6 amide bonds. The first-order valence-corrected chi connectivity index (χ1v) is 19.7. The van der Waals surface area contributed by atoms with E-state index in [4.69, 9.17) is 4.74 Å². The summed E-state index contributed by atoms with van der Waals surface area (Å²) in [7, 11) is 3.23. The molecule has 1 aliphatic rings. The van der Waals surface area contributed by atoms with Gasteiger partial charge >= 0.3 is 11.9 Å². The number of imide groups is 1. The Kier molecular flexibility index (Phi) is 17.3. The van der Waals surface area contributed by atoms with Crippen LogP contribution < -0.4 is 21.3 Å². The lowest BCUT2D eigenvalue weighted by atomic mass is 9.76.